The Morgan fingerprint density at radius 3 is 2.33 bits per heavy atom. The van der Waals surface area contributed by atoms with E-state index in [1.165, 1.54) is 33.1 Å². The largest absolute Gasteiger partial charge is 0.507 e. The summed E-state index contributed by atoms with van der Waals surface area (Å²) in [6, 6.07) is 2.52. The van der Waals surface area contributed by atoms with Crippen molar-refractivity contribution in [3.63, 3.8) is 0 Å². The number of hydrogen-bond donors (Lipinski definition) is 4. The molecule has 7 nitrogen and oxygen atoms in total. The van der Waals surface area contributed by atoms with Crippen molar-refractivity contribution in [2.45, 2.75) is 31.7 Å². The van der Waals surface area contributed by atoms with Gasteiger partial charge in [0.05, 0.1) is 18.8 Å². The highest BCUT2D eigenvalue weighted by molar-refractivity contribution is 6.28. The van der Waals surface area contributed by atoms with E-state index in [0.29, 0.717) is 0 Å². The molecule has 0 amide bonds. The Kier molecular flexibility index (Phi) is 3.56. The topological polar surface area (TPSA) is 124 Å². The van der Waals surface area contributed by atoms with Crippen LogP contribution in [0.3, 0.4) is 0 Å². The molecule has 7 heteroatoms. The molecule has 4 unspecified atom stereocenters. The maximum atomic E-state index is 12.8. The molecule has 0 heterocycles. The van der Waals surface area contributed by atoms with Gasteiger partial charge in [0.15, 0.2) is 11.6 Å². The summed E-state index contributed by atoms with van der Waals surface area (Å²) in [6.45, 7) is 2.69. The maximum Gasteiger partial charge on any atom is 0.194 e. The van der Waals surface area contributed by atoms with E-state index in [1.54, 1.807) is 0 Å². The Labute approximate surface area is 137 Å². The lowest BCUT2D eigenvalue weighted by molar-refractivity contribution is -0.140. The molecular weight excluding hydrogens is 316 g/mol. The summed E-state index contributed by atoms with van der Waals surface area (Å²) in [4.78, 5) is 25.7. The van der Waals surface area contributed by atoms with Gasteiger partial charge in [-0.1, -0.05) is 6.92 Å². The molecule has 0 aromatic heterocycles. The fourth-order valence-corrected chi connectivity index (χ4v) is 3.50. The first-order valence-electron chi connectivity index (χ1n) is 7.45. The summed E-state index contributed by atoms with van der Waals surface area (Å²) >= 11 is 0. The van der Waals surface area contributed by atoms with Gasteiger partial charge in [0, 0.05) is 28.7 Å². The van der Waals surface area contributed by atoms with E-state index < -0.39 is 41.0 Å². The van der Waals surface area contributed by atoms with Crippen molar-refractivity contribution in [1.29, 1.82) is 0 Å². The molecule has 0 spiro atoms. The van der Waals surface area contributed by atoms with Gasteiger partial charge < -0.3 is 25.2 Å². The number of fused-ring (bicyclic) bond motifs is 1. The second kappa shape index (κ2) is 5.14. The predicted octanol–water partition coefficient (Wildman–Crippen LogP) is 0.199. The van der Waals surface area contributed by atoms with Crippen molar-refractivity contribution < 1.29 is 34.8 Å². The minimum absolute atomic E-state index is 0.0838. The highest BCUT2D eigenvalue weighted by Gasteiger charge is 2.54. The molecule has 0 fully saturated rings. The van der Waals surface area contributed by atoms with Crippen LogP contribution in [0.15, 0.2) is 23.3 Å². The Morgan fingerprint density at radius 1 is 1.12 bits per heavy atom. The number of phenolic OH excluding ortho intramolecular Hbond substituents is 1. The van der Waals surface area contributed by atoms with Crippen LogP contribution in [0.4, 0.5) is 0 Å². The fourth-order valence-electron chi connectivity index (χ4n) is 3.50. The third-order valence-corrected chi connectivity index (χ3v) is 4.93. The number of aromatic hydroxyl groups is 1. The van der Waals surface area contributed by atoms with E-state index in [0.717, 1.165) is 0 Å². The summed E-state index contributed by atoms with van der Waals surface area (Å²) in [5.74, 6) is -2.45. The minimum Gasteiger partial charge on any atom is -0.507 e. The molecular formula is C17H18O7. The number of ketones is 2. The van der Waals surface area contributed by atoms with Gasteiger partial charge in [-0.2, -0.15) is 0 Å². The number of phenols is 1. The van der Waals surface area contributed by atoms with Gasteiger partial charge >= 0.3 is 0 Å². The van der Waals surface area contributed by atoms with Crippen LogP contribution in [0.1, 0.15) is 34.6 Å². The first-order valence-corrected chi connectivity index (χ1v) is 7.45. The number of carbonyl (C=O) groups excluding carboxylic acids is 2. The molecule has 0 radical (unpaired) electrons. The lowest BCUT2D eigenvalue weighted by Crippen LogP contribution is -2.59. The van der Waals surface area contributed by atoms with Crippen molar-refractivity contribution in [2.24, 2.45) is 5.92 Å². The second-order valence-corrected chi connectivity index (χ2v) is 6.42. The van der Waals surface area contributed by atoms with Crippen LogP contribution in [-0.2, 0) is 0 Å². The van der Waals surface area contributed by atoms with Crippen molar-refractivity contribution in [1.82, 2.24) is 0 Å². The van der Waals surface area contributed by atoms with Crippen LogP contribution in [0, 0.1) is 5.92 Å². The number of rotatable bonds is 1. The molecule has 1 aromatic carbocycles. The molecule has 128 valence electrons. The zero-order valence-electron chi connectivity index (χ0n) is 13.4. The van der Waals surface area contributed by atoms with Crippen molar-refractivity contribution in [3.05, 3.63) is 34.4 Å². The van der Waals surface area contributed by atoms with Gasteiger partial charge in [0.2, 0.25) is 0 Å². The number of aliphatic hydroxyl groups is 3. The lowest BCUT2D eigenvalue weighted by Gasteiger charge is -2.44. The highest BCUT2D eigenvalue weighted by Crippen LogP contribution is 2.45. The number of aliphatic hydroxyl groups excluding tert-OH is 2. The monoisotopic (exact) mass is 334 g/mol. The minimum atomic E-state index is -1.98. The predicted molar refractivity (Wildman–Crippen MR) is 82.1 cm³/mol. The van der Waals surface area contributed by atoms with E-state index in [1.807, 2.05) is 0 Å². The molecule has 4 atom stereocenters. The zero-order chi connectivity index (χ0) is 18.0. The Hall–Kier alpha value is -2.22. The number of carbonyl (C=O) groups is 2. The van der Waals surface area contributed by atoms with Gasteiger partial charge in [-0.15, -0.1) is 0 Å². The zero-order valence-corrected chi connectivity index (χ0v) is 13.4. The van der Waals surface area contributed by atoms with Crippen LogP contribution < -0.4 is 4.74 Å². The van der Waals surface area contributed by atoms with Crippen LogP contribution in [0.2, 0.25) is 0 Å². The summed E-state index contributed by atoms with van der Waals surface area (Å²) < 4.78 is 5.00. The molecule has 0 saturated carbocycles. The molecule has 0 bridgehead atoms. The van der Waals surface area contributed by atoms with E-state index in [9.17, 15) is 30.0 Å². The van der Waals surface area contributed by atoms with Crippen molar-refractivity contribution >= 4 is 11.6 Å². The Balaban J connectivity index is 2.29. The van der Waals surface area contributed by atoms with Gasteiger partial charge in [0.1, 0.15) is 23.2 Å². The summed E-state index contributed by atoms with van der Waals surface area (Å²) in [5.41, 5.74) is -2.60. The third kappa shape index (κ3) is 1.95. The number of benzene rings is 1. The molecule has 24 heavy (non-hydrogen) atoms. The number of methoxy groups -OCH3 is 1. The SMILES string of the molecule is COc1cc(O)c2c(c1)C(=O)C1=C(C2=O)C(C)C(O)C(C)(O)C1O. The van der Waals surface area contributed by atoms with Crippen LogP contribution in [0.25, 0.3) is 0 Å². The van der Waals surface area contributed by atoms with Crippen molar-refractivity contribution in [3.8, 4) is 11.5 Å². The van der Waals surface area contributed by atoms with E-state index in [4.69, 9.17) is 4.74 Å². The standard InChI is InChI=1S/C17H18O7/c1-6-10-12(16(22)17(2,23)15(6)21)13(19)8-4-7(24-3)5-9(18)11(8)14(10)20/h4-6,15-16,18,21-23H,1-3H3. The first-order chi connectivity index (χ1) is 11.1. The van der Waals surface area contributed by atoms with Gasteiger partial charge in [0.25, 0.3) is 0 Å². The van der Waals surface area contributed by atoms with Crippen LogP contribution in [0.5, 0.6) is 11.5 Å². The summed E-state index contributed by atoms with van der Waals surface area (Å²) in [6.07, 6.45) is -3.17. The highest BCUT2D eigenvalue weighted by atomic mass is 16.5. The molecule has 0 aliphatic heterocycles. The molecule has 2 aliphatic carbocycles. The van der Waals surface area contributed by atoms with Gasteiger partial charge in [-0.3, -0.25) is 9.59 Å². The average Bonchev–Trinajstić information content (AvgIpc) is 2.53. The Morgan fingerprint density at radius 2 is 1.75 bits per heavy atom. The lowest BCUT2D eigenvalue weighted by atomic mass is 9.65. The average molecular weight is 334 g/mol. The smallest absolute Gasteiger partial charge is 0.194 e. The van der Waals surface area contributed by atoms with Gasteiger partial charge in [-0.05, 0) is 13.0 Å². The van der Waals surface area contributed by atoms with Crippen molar-refractivity contribution in [2.75, 3.05) is 7.11 Å². The normalized spacial score (nSPS) is 32.5. The summed E-state index contributed by atoms with van der Waals surface area (Å²) in [5, 5.41) is 41.1. The van der Waals surface area contributed by atoms with E-state index in [-0.39, 0.29) is 28.0 Å². The molecule has 3 rings (SSSR count). The molecule has 0 saturated heterocycles. The second-order valence-electron chi connectivity index (χ2n) is 6.42. The molecule has 2 aliphatic rings. The van der Waals surface area contributed by atoms with Crippen LogP contribution >= 0.6 is 0 Å². The van der Waals surface area contributed by atoms with Crippen LogP contribution in [-0.4, -0.2) is 56.9 Å². The number of hydrogen-bond acceptors (Lipinski definition) is 7. The maximum absolute atomic E-state index is 12.8. The van der Waals surface area contributed by atoms with E-state index in [2.05, 4.69) is 0 Å². The molecule has 4 N–H and O–H groups in total. The Bertz CT molecular complexity index is 790. The number of ether oxygens (including phenoxy) is 1. The number of Topliss-reactive ketones (excluding diaryl/α,β-unsaturated/α-hetero) is 2. The summed E-state index contributed by atoms with van der Waals surface area (Å²) in [7, 11) is 1.35. The fraction of sp³-hybridized carbons (Fsp3) is 0.412. The van der Waals surface area contributed by atoms with E-state index >= 15 is 0 Å². The quantitative estimate of drug-likeness (QED) is 0.578. The third-order valence-electron chi connectivity index (χ3n) is 4.93. The molecule has 1 aromatic rings. The first kappa shape index (κ1) is 16.6. The van der Waals surface area contributed by atoms with Gasteiger partial charge in [-0.25, -0.2) is 0 Å².